The number of rotatable bonds is 15. The van der Waals surface area contributed by atoms with Crippen LogP contribution in [0.4, 0.5) is 10.5 Å². The molecule has 12 nitrogen and oxygen atoms in total. The first-order valence-electron chi connectivity index (χ1n) is 29.5. The smallest absolute Gasteiger partial charge is 0.413 e. The number of amides is 5. The van der Waals surface area contributed by atoms with E-state index in [0.717, 1.165) is 62.2 Å². The summed E-state index contributed by atoms with van der Waals surface area (Å²) in [6.07, 6.45) is 15.6. The van der Waals surface area contributed by atoms with Gasteiger partial charge >= 0.3 is 6.09 Å². The molecule has 0 aliphatic heterocycles. The summed E-state index contributed by atoms with van der Waals surface area (Å²) in [5, 5.41) is 11.5. The number of imide groups is 1. The van der Waals surface area contributed by atoms with Crippen LogP contribution in [0.5, 0.6) is 5.75 Å². The van der Waals surface area contributed by atoms with Gasteiger partial charge in [-0.15, -0.1) is 0 Å². The van der Waals surface area contributed by atoms with Gasteiger partial charge in [0.1, 0.15) is 5.75 Å². The molecule has 4 N–H and O–H groups in total. The number of aromatic nitrogens is 1. The van der Waals surface area contributed by atoms with E-state index in [0.29, 0.717) is 77.6 Å². The van der Waals surface area contributed by atoms with Crippen LogP contribution in [0.1, 0.15) is 180 Å². The predicted molar refractivity (Wildman–Crippen MR) is 306 cm³/mol. The minimum Gasteiger partial charge on any atom is -0.497 e. The second-order valence-electron chi connectivity index (χ2n) is 24.4. The van der Waals surface area contributed by atoms with Crippen molar-refractivity contribution in [3.8, 4) is 5.75 Å². The van der Waals surface area contributed by atoms with E-state index in [2.05, 4.69) is 109 Å². The van der Waals surface area contributed by atoms with Crippen LogP contribution in [0.3, 0.4) is 0 Å². The zero-order chi connectivity index (χ0) is 55.8. The summed E-state index contributed by atoms with van der Waals surface area (Å²) in [4.78, 5) is 64.8. The van der Waals surface area contributed by atoms with Crippen molar-refractivity contribution in [1.82, 2.24) is 20.9 Å². The fourth-order valence-corrected chi connectivity index (χ4v) is 12.6. The molecular formula is C63H105N5O7. The number of nitrogens with zero attached hydrogens (tertiary/aromatic N) is 1. The van der Waals surface area contributed by atoms with Crippen molar-refractivity contribution in [3.63, 3.8) is 0 Å². The molecule has 2 aromatic rings. The highest BCUT2D eigenvalue weighted by Crippen LogP contribution is 2.41. The Balaban J connectivity index is 0.000000266. The Morgan fingerprint density at radius 3 is 1.33 bits per heavy atom. The van der Waals surface area contributed by atoms with Gasteiger partial charge in [0.05, 0.1) is 13.7 Å². The number of nitrogens with one attached hydrogen (secondary N) is 4. The number of hydrogen-bond donors (Lipinski definition) is 4. The van der Waals surface area contributed by atoms with Gasteiger partial charge in [-0.3, -0.25) is 29.5 Å². The molecule has 75 heavy (non-hydrogen) atoms. The molecule has 5 amide bonds. The van der Waals surface area contributed by atoms with Crippen LogP contribution in [-0.2, 0) is 30.3 Å². The molecule has 0 bridgehead atoms. The minimum atomic E-state index is -0.622. The number of methoxy groups -OCH3 is 1. The first-order valence-corrected chi connectivity index (χ1v) is 29.5. The third kappa shape index (κ3) is 22.2. The molecule has 6 rings (SSSR count). The molecule has 4 aliphatic rings. The van der Waals surface area contributed by atoms with Crippen molar-refractivity contribution in [1.29, 1.82) is 0 Å². The fourth-order valence-electron chi connectivity index (χ4n) is 12.6. The molecule has 12 atom stereocenters. The summed E-state index contributed by atoms with van der Waals surface area (Å²) in [7, 11) is 1.64. The lowest BCUT2D eigenvalue weighted by atomic mass is 9.70. The molecule has 12 unspecified atom stereocenters. The van der Waals surface area contributed by atoms with Crippen molar-refractivity contribution in [2.75, 3.05) is 32.1 Å². The highest BCUT2D eigenvalue weighted by Gasteiger charge is 2.39. The lowest BCUT2D eigenvalue weighted by molar-refractivity contribution is -0.129. The lowest BCUT2D eigenvalue weighted by Crippen LogP contribution is -2.42. The van der Waals surface area contributed by atoms with E-state index in [-0.39, 0.29) is 53.9 Å². The standard InChI is InChI=1S/C18H28N2O.C18H27NO2.C14H25NO3.C13H25NO/c1-13(2)16-8-7-14(3)12-17(16)18(21)20-11-9-15-6-4-5-10-19-15;1-12(2)16-10-5-13(3)11-17(16)18(20)19-14-6-8-15(21-4)9-7-14;1-5-18-14(17)15-13(16)12-8-10(4)6-7-11(12)9(2)3;1-5-14-13(15)12-8-10(4)6-7-11(12)9(2)3/h4-6,10,13-14,16-17H,7-9,11-12H2,1-3H3,(H,20,21);6-9,12-13,16-17H,5,10-11H2,1-4H3,(H,19,20);9-12H,5-8H2,1-4H3,(H,15,16,17);9-12H,5-8H2,1-4H3,(H,14,15). The molecule has 1 aromatic heterocycles. The van der Waals surface area contributed by atoms with E-state index in [1.54, 1.807) is 20.2 Å². The van der Waals surface area contributed by atoms with Crippen LogP contribution in [0.25, 0.3) is 0 Å². The molecular weight excluding hydrogens is 939 g/mol. The maximum Gasteiger partial charge on any atom is 0.413 e. The first kappa shape index (κ1) is 64.8. The second-order valence-corrected chi connectivity index (χ2v) is 24.4. The van der Waals surface area contributed by atoms with Crippen LogP contribution >= 0.6 is 0 Å². The third-order valence-corrected chi connectivity index (χ3v) is 17.1. The maximum atomic E-state index is 12.6. The summed E-state index contributed by atoms with van der Waals surface area (Å²) in [5.74, 6) is 8.69. The molecule has 0 radical (unpaired) electrons. The Morgan fingerprint density at radius 2 is 0.960 bits per heavy atom. The van der Waals surface area contributed by atoms with Crippen molar-refractivity contribution in [2.45, 2.75) is 180 Å². The second kappa shape index (κ2) is 33.6. The number of alkyl carbamates (subject to hydrolysis) is 1. The summed E-state index contributed by atoms with van der Waals surface area (Å²) in [6.45, 7) is 32.1. The number of pyridine rings is 1. The molecule has 12 heteroatoms. The molecule has 0 spiro atoms. The number of anilines is 1. The van der Waals surface area contributed by atoms with Crippen LogP contribution in [-0.4, -0.2) is 61.5 Å². The number of carbonyl (C=O) groups excluding carboxylic acids is 5. The molecule has 4 fully saturated rings. The SMILES string of the molecule is CC1CCC(C(C)C)C(C(=O)NCCc2ccccn2)C1.CCNC(=O)C1CC(C)CCC1C(C)C.CCOC(=O)NC(=O)C1CC(C)CCC1C(C)C.COc1ccc(NC(=O)C2CC(C)CCC2C(C)C)cc1. The topological polar surface area (TPSA) is 165 Å². The highest BCUT2D eigenvalue weighted by molar-refractivity contribution is 5.93. The van der Waals surface area contributed by atoms with Gasteiger partial charge in [-0.25, -0.2) is 4.79 Å². The van der Waals surface area contributed by atoms with Crippen molar-refractivity contribution in [3.05, 3.63) is 54.4 Å². The molecule has 1 aromatic carbocycles. The normalized spacial score (nSPS) is 27.5. The average molecular weight is 1040 g/mol. The Bertz CT molecular complexity index is 1970. The van der Waals surface area contributed by atoms with Crippen molar-refractivity contribution >= 4 is 35.4 Å². The number of carbonyl (C=O) groups is 5. The predicted octanol–water partition coefficient (Wildman–Crippen LogP) is 13.6. The van der Waals surface area contributed by atoms with Crippen LogP contribution in [0.15, 0.2) is 48.7 Å². The zero-order valence-electron chi connectivity index (χ0n) is 49.5. The Labute approximate surface area is 455 Å². The van der Waals surface area contributed by atoms with Crippen molar-refractivity contribution in [2.24, 2.45) is 94.7 Å². The Morgan fingerprint density at radius 1 is 0.547 bits per heavy atom. The van der Waals surface area contributed by atoms with Gasteiger partial charge in [0.15, 0.2) is 0 Å². The fraction of sp³-hybridized carbons (Fsp3) is 0.746. The summed E-state index contributed by atoms with van der Waals surface area (Å²) in [5.41, 5.74) is 1.89. The number of hydrogen-bond acceptors (Lipinski definition) is 8. The number of benzene rings is 1. The Kier molecular flexibility index (Phi) is 29.1. The molecule has 0 saturated heterocycles. The quantitative estimate of drug-likeness (QED) is 0.137. The molecule has 1 heterocycles. The average Bonchev–Trinajstić information content (AvgIpc) is 3.37. The van der Waals surface area contributed by atoms with Crippen LogP contribution in [0, 0.1) is 94.7 Å². The third-order valence-electron chi connectivity index (χ3n) is 17.1. The van der Waals surface area contributed by atoms with E-state index in [9.17, 15) is 24.0 Å². The largest absolute Gasteiger partial charge is 0.497 e. The Hall–Kier alpha value is -4.48. The zero-order valence-corrected chi connectivity index (χ0v) is 49.5. The monoisotopic (exact) mass is 1040 g/mol. The minimum absolute atomic E-state index is 0.0573. The van der Waals surface area contributed by atoms with E-state index in [1.165, 1.54) is 44.9 Å². The van der Waals surface area contributed by atoms with E-state index in [1.807, 2.05) is 49.4 Å². The van der Waals surface area contributed by atoms with Crippen LogP contribution < -0.4 is 26.0 Å². The van der Waals surface area contributed by atoms with Crippen molar-refractivity contribution < 1.29 is 33.4 Å². The number of ether oxygens (including phenoxy) is 2. The molecule has 4 saturated carbocycles. The summed E-state index contributed by atoms with van der Waals surface area (Å²) >= 11 is 0. The van der Waals surface area contributed by atoms with Gasteiger partial charge in [-0.1, -0.05) is 115 Å². The maximum absolute atomic E-state index is 12.6. The van der Waals surface area contributed by atoms with Gasteiger partial charge in [0, 0.05) is 60.8 Å². The highest BCUT2D eigenvalue weighted by atomic mass is 16.5. The van der Waals surface area contributed by atoms with Gasteiger partial charge in [-0.05, 0) is 173 Å². The lowest BCUT2D eigenvalue weighted by Gasteiger charge is -2.36. The van der Waals surface area contributed by atoms with Gasteiger partial charge in [0.2, 0.25) is 23.6 Å². The summed E-state index contributed by atoms with van der Waals surface area (Å²) in [6, 6.07) is 13.4. The van der Waals surface area contributed by atoms with E-state index >= 15 is 0 Å². The van der Waals surface area contributed by atoms with Gasteiger partial charge in [0.25, 0.3) is 0 Å². The molecule has 424 valence electrons. The van der Waals surface area contributed by atoms with E-state index in [4.69, 9.17) is 9.47 Å². The van der Waals surface area contributed by atoms with Gasteiger partial charge < -0.3 is 25.4 Å². The molecule has 4 aliphatic carbocycles. The van der Waals surface area contributed by atoms with Crippen LogP contribution in [0.2, 0.25) is 0 Å². The van der Waals surface area contributed by atoms with Gasteiger partial charge in [-0.2, -0.15) is 0 Å². The van der Waals surface area contributed by atoms with E-state index < -0.39 is 6.09 Å². The first-order chi connectivity index (χ1) is 35.6. The summed E-state index contributed by atoms with van der Waals surface area (Å²) < 4.78 is 9.90.